The quantitative estimate of drug-likeness (QED) is 0.890. The molecule has 2 rings (SSSR count). The molecule has 0 amide bonds. The van der Waals surface area contributed by atoms with Crippen LogP contribution in [-0.2, 0) is 13.0 Å². The largest absolute Gasteiger partial charge is 0.469 e. The lowest BCUT2D eigenvalue weighted by Crippen LogP contribution is -2.17. The van der Waals surface area contributed by atoms with Crippen molar-refractivity contribution in [2.75, 3.05) is 0 Å². The highest BCUT2D eigenvalue weighted by atomic mass is 79.9. The summed E-state index contributed by atoms with van der Waals surface area (Å²) in [5, 5.41) is 4.34. The van der Waals surface area contributed by atoms with Crippen LogP contribution in [0.15, 0.2) is 33.5 Å². The average molecular weight is 312 g/mol. The third-order valence-electron chi connectivity index (χ3n) is 2.90. The Morgan fingerprint density at radius 2 is 2.39 bits per heavy atom. The molecule has 1 atom stereocenters. The van der Waals surface area contributed by atoms with Crippen molar-refractivity contribution in [2.24, 2.45) is 5.73 Å². The van der Waals surface area contributed by atoms with E-state index in [1.807, 2.05) is 23.0 Å². The van der Waals surface area contributed by atoms with Gasteiger partial charge in [-0.1, -0.05) is 6.92 Å². The Hall–Kier alpha value is -1.07. The lowest BCUT2D eigenvalue weighted by molar-refractivity contribution is 0.472. The first kappa shape index (κ1) is 13.4. The molecule has 0 saturated carbocycles. The Bertz CT molecular complexity index is 478. The van der Waals surface area contributed by atoms with Crippen LogP contribution in [0.3, 0.4) is 0 Å². The van der Waals surface area contributed by atoms with Gasteiger partial charge >= 0.3 is 0 Å². The molecule has 18 heavy (non-hydrogen) atoms. The average Bonchev–Trinajstić information content (AvgIpc) is 2.97. The van der Waals surface area contributed by atoms with Crippen LogP contribution in [0.2, 0.25) is 0 Å². The van der Waals surface area contributed by atoms with Crippen molar-refractivity contribution in [2.45, 2.75) is 38.8 Å². The Balaban J connectivity index is 2.03. The van der Waals surface area contributed by atoms with E-state index in [1.165, 1.54) is 0 Å². The molecule has 0 saturated heterocycles. The van der Waals surface area contributed by atoms with Crippen molar-refractivity contribution >= 4 is 15.9 Å². The standard InChI is InChI=1S/C13H18BrN3O/c1-2-7-17-13(11(14)9-16-17)12(15)6-5-10-4-3-8-18-10/h3-4,8-9,12H,2,5-7,15H2,1H3. The molecule has 1 unspecified atom stereocenters. The van der Waals surface area contributed by atoms with Crippen molar-refractivity contribution in [1.29, 1.82) is 0 Å². The number of hydrogen-bond acceptors (Lipinski definition) is 3. The van der Waals surface area contributed by atoms with E-state index in [0.29, 0.717) is 0 Å². The van der Waals surface area contributed by atoms with Crippen molar-refractivity contribution in [3.63, 3.8) is 0 Å². The Kier molecular flexibility index (Phi) is 4.60. The molecular weight excluding hydrogens is 294 g/mol. The first-order chi connectivity index (χ1) is 8.72. The minimum absolute atomic E-state index is 0.0291. The van der Waals surface area contributed by atoms with Crippen LogP contribution in [0.5, 0.6) is 0 Å². The first-order valence-corrected chi connectivity index (χ1v) is 7.00. The lowest BCUT2D eigenvalue weighted by Gasteiger charge is -2.14. The van der Waals surface area contributed by atoms with E-state index >= 15 is 0 Å². The van der Waals surface area contributed by atoms with Gasteiger partial charge < -0.3 is 10.2 Å². The van der Waals surface area contributed by atoms with Crippen molar-refractivity contribution in [1.82, 2.24) is 9.78 Å². The number of aromatic nitrogens is 2. The Labute approximate surface area is 115 Å². The van der Waals surface area contributed by atoms with Crippen LogP contribution in [0.1, 0.15) is 37.3 Å². The molecular formula is C13H18BrN3O. The van der Waals surface area contributed by atoms with Crippen LogP contribution < -0.4 is 5.73 Å². The maximum Gasteiger partial charge on any atom is 0.103 e. The van der Waals surface area contributed by atoms with Gasteiger partial charge in [-0.3, -0.25) is 4.68 Å². The minimum atomic E-state index is -0.0291. The van der Waals surface area contributed by atoms with Gasteiger partial charge in [0.25, 0.3) is 0 Å². The normalized spacial score (nSPS) is 12.8. The molecule has 0 bridgehead atoms. The van der Waals surface area contributed by atoms with Gasteiger partial charge in [0, 0.05) is 19.0 Å². The number of halogens is 1. The van der Waals surface area contributed by atoms with Crippen LogP contribution in [0.4, 0.5) is 0 Å². The molecule has 98 valence electrons. The monoisotopic (exact) mass is 311 g/mol. The molecule has 2 heterocycles. The molecule has 5 heteroatoms. The van der Waals surface area contributed by atoms with Crippen LogP contribution >= 0.6 is 15.9 Å². The second-order valence-electron chi connectivity index (χ2n) is 4.33. The third-order valence-corrected chi connectivity index (χ3v) is 3.51. The van der Waals surface area contributed by atoms with E-state index in [9.17, 15) is 0 Å². The molecule has 0 aliphatic carbocycles. The predicted molar refractivity (Wildman–Crippen MR) is 74.2 cm³/mol. The van der Waals surface area contributed by atoms with E-state index in [0.717, 1.165) is 41.7 Å². The highest BCUT2D eigenvalue weighted by Gasteiger charge is 2.16. The maximum absolute atomic E-state index is 6.26. The fourth-order valence-electron chi connectivity index (χ4n) is 2.02. The van der Waals surface area contributed by atoms with E-state index in [2.05, 4.69) is 28.0 Å². The second kappa shape index (κ2) is 6.20. The summed E-state index contributed by atoms with van der Waals surface area (Å²) >= 11 is 3.52. The topological polar surface area (TPSA) is 57.0 Å². The maximum atomic E-state index is 6.26. The SMILES string of the molecule is CCCn1ncc(Br)c1C(N)CCc1ccco1. The van der Waals surface area contributed by atoms with E-state index in [1.54, 1.807) is 6.26 Å². The van der Waals surface area contributed by atoms with Crippen molar-refractivity contribution < 1.29 is 4.42 Å². The number of nitrogens with zero attached hydrogens (tertiary/aromatic N) is 2. The summed E-state index contributed by atoms with van der Waals surface area (Å²) in [6.45, 7) is 3.03. The van der Waals surface area contributed by atoms with Gasteiger partial charge in [0.1, 0.15) is 5.76 Å². The number of rotatable bonds is 6. The Morgan fingerprint density at radius 3 is 3.06 bits per heavy atom. The van der Waals surface area contributed by atoms with Gasteiger partial charge in [0.2, 0.25) is 0 Å². The van der Waals surface area contributed by atoms with Gasteiger partial charge in [-0.2, -0.15) is 5.10 Å². The van der Waals surface area contributed by atoms with E-state index in [4.69, 9.17) is 10.2 Å². The smallest absolute Gasteiger partial charge is 0.103 e. The van der Waals surface area contributed by atoms with Gasteiger partial charge in [0.05, 0.1) is 22.6 Å². The van der Waals surface area contributed by atoms with E-state index in [-0.39, 0.29) is 6.04 Å². The summed E-state index contributed by atoms with van der Waals surface area (Å²) in [6.07, 6.45) is 6.25. The fraction of sp³-hybridized carbons (Fsp3) is 0.462. The summed E-state index contributed by atoms with van der Waals surface area (Å²) in [7, 11) is 0. The zero-order chi connectivity index (χ0) is 13.0. The van der Waals surface area contributed by atoms with Crippen molar-refractivity contribution in [3.8, 4) is 0 Å². The number of furan rings is 1. The molecule has 2 aromatic rings. The van der Waals surface area contributed by atoms with Gasteiger partial charge in [0.15, 0.2) is 0 Å². The Morgan fingerprint density at radius 1 is 1.56 bits per heavy atom. The van der Waals surface area contributed by atoms with Gasteiger partial charge in [-0.15, -0.1) is 0 Å². The van der Waals surface area contributed by atoms with Crippen LogP contribution in [-0.4, -0.2) is 9.78 Å². The molecule has 0 aliphatic heterocycles. The lowest BCUT2D eigenvalue weighted by atomic mass is 10.1. The van der Waals surface area contributed by atoms with E-state index < -0.39 is 0 Å². The third kappa shape index (κ3) is 3.03. The number of aryl methyl sites for hydroxylation is 2. The predicted octanol–water partition coefficient (Wildman–Crippen LogP) is 3.28. The van der Waals surface area contributed by atoms with Gasteiger partial charge in [-0.25, -0.2) is 0 Å². The molecule has 0 fully saturated rings. The molecule has 4 nitrogen and oxygen atoms in total. The summed E-state index contributed by atoms with van der Waals surface area (Å²) in [4.78, 5) is 0. The fourth-order valence-corrected chi connectivity index (χ4v) is 2.61. The van der Waals surface area contributed by atoms with Gasteiger partial charge in [-0.05, 0) is 40.9 Å². The highest BCUT2D eigenvalue weighted by molar-refractivity contribution is 9.10. The molecule has 2 aromatic heterocycles. The summed E-state index contributed by atoms with van der Waals surface area (Å²) in [5.74, 6) is 0.975. The second-order valence-corrected chi connectivity index (χ2v) is 5.18. The minimum Gasteiger partial charge on any atom is -0.469 e. The van der Waals surface area contributed by atoms with Crippen molar-refractivity contribution in [3.05, 3.63) is 40.5 Å². The molecule has 0 radical (unpaired) electrons. The summed E-state index contributed by atoms with van der Waals surface area (Å²) < 4.78 is 8.29. The zero-order valence-corrected chi connectivity index (χ0v) is 12.1. The molecule has 0 spiro atoms. The number of nitrogens with two attached hydrogens (primary N) is 1. The summed E-state index contributed by atoms with van der Waals surface area (Å²) in [5.41, 5.74) is 7.33. The number of hydrogen-bond donors (Lipinski definition) is 1. The first-order valence-electron chi connectivity index (χ1n) is 6.21. The zero-order valence-electron chi connectivity index (χ0n) is 10.5. The van der Waals surface area contributed by atoms with Crippen LogP contribution in [0.25, 0.3) is 0 Å². The highest BCUT2D eigenvalue weighted by Crippen LogP contribution is 2.25. The molecule has 2 N–H and O–H groups in total. The van der Waals surface area contributed by atoms with Crippen LogP contribution in [0, 0.1) is 0 Å². The summed E-state index contributed by atoms with van der Waals surface area (Å²) in [6, 6.07) is 3.85. The molecule has 0 aromatic carbocycles. The molecule has 0 aliphatic rings.